The summed E-state index contributed by atoms with van der Waals surface area (Å²) >= 11 is 0. The molecule has 2 heterocycles. The second kappa shape index (κ2) is 4.22. The van der Waals surface area contributed by atoms with Gasteiger partial charge in [0.25, 0.3) is 0 Å². The SMILES string of the molecule is O=C(O)[C@H]1CN(c2ncccn2)CCN1. The topological polar surface area (TPSA) is 78.3 Å². The van der Waals surface area contributed by atoms with E-state index in [1.807, 2.05) is 4.90 Å². The molecule has 1 saturated heterocycles. The van der Waals surface area contributed by atoms with Crippen LogP contribution in [0.15, 0.2) is 18.5 Å². The van der Waals surface area contributed by atoms with Crippen molar-refractivity contribution in [3.63, 3.8) is 0 Å². The number of nitrogens with zero attached hydrogens (tertiary/aromatic N) is 3. The molecule has 1 aromatic heterocycles. The molecule has 6 nitrogen and oxygen atoms in total. The van der Waals surface area contributed by atoms with Crippen molar-refractivity contribution in [2.24, 2.45) is 0 Å². The van der Waals surface area contributed by atoms with Gasteiger partial charge < -0.3 is 15.3 Å². The third-order valence-corrected chi connectivity index (χ3v) is 2.31. The zero-order valence-corrected chi connectivity index (χ0v) is 8.13. The highest BCUT2D eigenvalue weighted by Crippen LogP contribution is 2.08. The minimum atomic E-state index is -0.837. The lowest BCUT2D eigenvalue weighted by atomic mass is 10.2. The Hall–Kier alpha value is -1.69. The monoisotopic (exact) mass is 208 g/mol. The van der Waals surface area contributed by atoms with E-state index in [4.69, 9.17) is 5.11 Å². The third-order valence-electron chi connectivity index (χ3n) is 2.31. The van der Waals surface area contributed by atoms with Crippen LogP contribution in [0.5, 0.6) is 0 Å². The minimum Gasteiger partial charge on any atom is -0.480 e. The van der Waals surface area contributed by atoms with Gasteiger partial charge >= 0.3 is 5.97 Å². The van der Waals surface area contributed by atoms with Crippen LogP contribution in [0.2, 0.25) is 0 Å². The molecule has 15 heavy (non-hydrogen) atoms. The fourth-order valence-electron chi connectivity index (χ4n) is 1.55. The van der Waals surface area contributed by atoms with Crippen LogP contribution in [0.1, 0.15) is 0 Å². The number of anilines is 1. The Morgan fingerprint density at radius 3 is 2.93 bits per heavy atom. The largest absolute Gasteiger partial charge is 0.480 e. The van der Waals surface area contributed by atoms with Crippen molar-refractivity contribution < 1.29 is 9.90 Å². The maximum absolute atomic E-state index is 10.8. The summed E-state index contributed by atoms with van der Waals surface area (Å²) in [7, 11) is 0. The number of nitrogens with one attached hydrogen (secondary N) is 1. The summed E-state index contributed by atoms with van der Waals surface area (Å²) in [5.74, 6) is -0.249. The molecule has 80 valence electrons. The molecule has 0 aliphatic carbocycles. The highest BCUT2D eigenvalue weighted by molar-refractivity contribution is 5.74. The number of hydrogen-bond acceptors (Lipinski definition) is 5. The summed E-state index contributed by atoms with van der Waals surface area (Å²) in [6.45, 7) is 1.77. The quantitative estimate of drug-likeness (QED) is 0.671. The predicted octanol–water partition coefficient (Wildman–Crippen LogP) is -0.661. The van der Waals surface area contributed by atoms with Crippen molar-refractivity contribution in [2.45, 2.75) is 6.04 Å². The number of carboxylic acid groups (broad SMARTS) is 1. The Morgan fingerprint density at radius 1 is 1.53 bits per heavy atom. The van der Waals surface area contributed by atoms with Crippen molar-refractivity contribution in [2.75, 3.05) is 24.5 Å². The van der Waals surface area contributed by atoms with Crippen LogP contribution in [0.25, 0.3) is 0 Å². The van der Waals surface area contributed by atoms with Crippen LogP contribution < -0.4 is 10.2 Å². The number of aromatic nitrogens is 2. The van der Waals surface area contributed by atoms with Gasteiger partial charge in [-0.25, -0.2) is 9.97 Å². The number of hydrogen-bond donors (Lipinski definition) is 2. The van der Waals surface area contributed by atoms with Gasteiger partial charge in [0.15, 0.2) is 0 Å². The number of carboxylic acids is 1. The molecule has 2 N–H and O–H groups in total. The van der Waals surface area contributed by atoms with Gasteiger partial charge in [0.1, 0.15) is 6.04 Å². The summed E-state index contributed by atoms with van der Waals surface area (Å²) in [5, 5.41) is 11.8. The molecule has 0 radical (unpaired) electrons. The number of aliphatic carboxylic acids is 1. The maximum atomic E-state index is 10.8. The summed E-state index contributed by atoms with van der Waals surface area (Å²) in [6, 6.07) is 1.20. The van der Waals surface area contributed by atoms with Crippen molar-refractivity contribution in [3.8, 4) is 0 Å². The lowest BCUT2D eigenvalue weighted by Gasteiger charge is -2.31. The lowest BCUT2D eigenvalue weighted by Crippen LogP contribution is -2.54. The molecule has 1 aliphatic rings. The second-order valence-corrected chi connectivity index (χ2v) is 3.34. The van der Waals surface area contributed by atoms with Crippen molar-refractivity contribution in [1.29, 1.82) is 0 Å². The van der Waals surface area contributed by atoms with Gasteiger partial charge in [-0.2, -0.15) is 0 Å². The first-order chi connectivity index (χ1) is 7.27. The molecule has 0 saturated carbocycles. The Bertz CT molecular complexity index is 343. The highest BCUT2D eigenvalue weighted by atomic mass is 16.4. The molecular formula is C9H12N4O2. The van der Waals surface area contributed by atoms with Crippen LogP contribution in [-0.4, -0.2) is 46.7 Å². The Balaban J connectivity index is 2.08. The molecule has 1 atom stereocenters. The van der Waals surface area contributed by atoms with E-state index in [0.717, 1.165) is 6.54 Å². The summed E-state index contributed by atoms with van der Waals surface area (Å²) < 4.78 is 0. The molecule has 1 fully saturated rings. The van der Waals surface area contributed by atoms with E-state index in [0.29, 0.717) is 19.0 Å². The van der Waals surface area contributed by atoms with Crippen LogP contribution in [0.4, 0.5) is 5.95 Å². The molecule has 2 rings (SSSR count). The molecule has 0 aromatic carbocycles. The van der Waals surface area contributed by atoms with Gasteiger partial charge in [-0.1, -0.05) is 0 Å². The Kier molecular flexibility index (Phi) is 2.77. The molecule has 1 aromatic rings. The minimum absolute atomic E-state index is 0.402. The van der Waals surface area contributed by atoms with E-state index in [9.17, 15) is 4.79 Å². The van der Waals surface area contributed by atoms with E-state index in [1.54, 1.807) is 18.5 Å². The van der Waals surface area contributed by atoms with Crippen molar-refractivity contribution >= 4 is 11.9 Å². The average molecular weight is 208 g/mol. The lowest BCUT2D eigenvalue weighted by molar-refractivity contribution is -0.139. The highest BCUT2D eigenvalue weighted by Gasteiger charge is 2.25. The average Bonchev–Trinajstić information content (AvgIpc) is 2.30. The van der Waals surface area contributed by atoms with E-state index in [2.05, 4.69) is 15.3 Å². The summed E-state index contributed by atoms with van der Waals surface area (Å²) in [6.07, 6.45) is 3.31. The molecule has 6 heteroatoms. The fourth-order valence-corrected chi connectivity index (χ4v) is 1.55. The Morgan fingerprint density at radius 2 is 2.27 bits per heavy atom. The molecule has 0 unspecified atom stereocenters. The van der Waals surface area contributed by atoms with Crippen LogP contribution in [0, 0.1) is 0 Å². The smallest absolute Gasteiger partial charge is 0.322 e. The second-order valence-electron chi connectivity index (χ2n) is 3.34. The zero-order chi connectivity index (χ0) is 10.7. The van der Waals surface area contributed by atoms with Gasteiger partial charge in [-0.3, -0.25) is 4.79 Å². The number of piperazine rings is 1. The van der Waals surface area contributed by atoms with E-state index < -0.39 is 12.0 Å². The number of carbonyl (C=O) groups is 1. The van der Waals surface area contributed by atoms with Crippen LogP contribution >= 0.6 is 0 Å². The van der Waals surface area contributed by atoms with E-state index >= 15 is 0 Å². The first-order valence-electron chi connectivity index (χ1n) is 4.75. The first kappa shape index (κ1) is 9.85. The van der Waals surface area contributed by atoms with Gasteiger partial charge in [0.05, 0.1) is 0 Å². The van der Waals surface area contributed by atoms with Gasteiger partial charge in [-0.15, -0.1) is 0 Å². The molecule has 1 aliphatic heterocycles. The van der Waals surface area contributed by atoms with E-state index in [-0.39, 0.29) is 0 Å². The van der Waals surface area contributed by atoms with Gasteiger partial charge in [0.2, 0.25) is 5.95 Å². The standard InChI is InChI=1S/C9H12N4O2/c14-8(15)7-6-13(5-4-10-7)9-11-2-1-3-12-9/h1-3,7,10H,4-6H2,(H,14,15)/t7-/m1/s1. The predicted molar refractivity (Wildman–Crippen MR) is 53.7 cm³/mol. The van der Waals surface area contributed by atoms with Gasteiger partial charge in [0, 0.05) is 32.0 Å². The third kappa shape index (κ3) is 2.21. The molecule has 0 spiro atoms. The van der Waals surface area contributed by atoms with Crippen molar-refractivity contribution in [3.05, 3.63) is 18.5 Å². The maximum Gasteiger partial charge on any atom is 0.322 e. The Labute approximate surface area is 87.0 Å². The molecule has 0 bridgehead atoms. The van der Waals surface area contributed by atoms with Crippen LogP contribution in [-0.2, 0) is 4.79 Å². The number of rotatable bonds is 2. The normalized spacial score (nSPS) is 21.3. The van der Waals surface area contributed by atoms with Gasteiger partial charge in [-0.05, 0) is 6.07 Å². The summed E-state index contributed by atoms with van der Waals surface area (Å²) in [5.41, 5.74) is 0. The summed E-state index contributed by atoms with van der Waals surface area (Å²) in [4.78, 5) is 20.9. The first-order valence-corrected chi connectivity index (χ1v) is 4.75. The van der Waals surface area contributed by atoms with Crippen molar-refractivity contribution in [1.82, 2.24) is 15.3 Å². The zero-order valence-electron chi connectivity index (χ0n) is 8.13. The van der Waals surface area contributed by atoms with E-state index in [1.165, 1.54) is 0 Å². The molecule has 0 amide bonds. The molecular weight excluding hydrogens is 196 g/mol. The fraction of sp³-hybridized carbons (Fsp3) is 0.444. The van der Waals surface area contributed by atoms with Crippen LogP contribution in [0.3, 0.4) is 0 Å².